The molecule has 0 bridgehead atoms. The molecule has 1 aliphatic rings. The first kappa shape index (κ1) is 13.8. The molecule has 1 fully saturated rings. The summed E-state index contributed by atoms with van der Waals surface area (Å²) < 4.78 is 13.0. The average Bonchev–Trinajstić information content (AvgIpc) is 2.42. The maximum Gasteiger partial charge on any atom is 0.255 e. The molecule has 0 spiro atoms. The van der Waals surface area contributed by atoms with Gasteiger partial charge < -0.3 is 15.7 Å². The number of carbonyl (C=O) groups excluding carboxylic acids is 1. The lowest BCUT2D eigenvalue weighted by atomic mass is 9.96. The van der Waals surface area contributed by atoms with Crippen LogP contribution >= 0.6 is 0 Å². The quantitative estimate of drug-likeness (QED) is 0.776. The van der Waals surface area contributed by atoms with Gasteiger partial charge in [-0.15, -0.1) is 0 Å². The molecule has 5 heteroatoms. The zero-order chi connectivity index (χ0) is 13.7. The third kappa shape index (κ3) is 3.92. The van der Waals surface area contributed by atoms with E-state index in [1.807, 2.05) is 0 Å². The van der Waals surface area contributed by atoms with E-state index in [2.05, 4.69) is 10.6 Å². The highest BCUT2D eigenvalue weighted by Gasteiger charge is 2.15. The number of aromatic hydroxyl groups is 1. The maximum absolute atomic E-state index is 13.0. The molecule has 1 amide bonds. The highest BCUT2D eigenvalue weighted by atomic mass is 19.1. The molecule has 1 aromatic carbocycles. The minimum Gasteiger partial charge on any atom is -0.507 e. The Morgan fingerprint density at radius 1 is 1.53 bits per heavy atom. The molecule has 19 heavy (non-hydrogen) atoms. The zero-order valence-electron chi connectivity index (χ0n) is 10.8. The largest absolute Gasteiger partial charge is 0.507 e. The van der Waals surface area contributed by atoms with E-state index in [-0.39, 0.29) is 11.3 Å². The van der Waals surface area contributed by atoms with Gasteiger partial charge in [0.1, 0.15) is 11.6 Å². The number of rotatable bonds is 4. The molecular formula is C14H19FN2O2. The second kappa shape index (κ2) is 6.52. The lowest BCUT2D eigenvalue weighted by Crippen LogP contribution is -2.33. The van der Waals surface area contributed by atoms with Gasteiger partial charge in [-0.1, -0.05) is 0 Å². The molecule has 4 nitrogen and oxygen atoms in total. The normalized spacial score (nSPS) is 19.1. The Bertz CT molecular complexity index is 445. The number of phenolic OH excluding ortho intramolecular Hbond substituents is 1. The molecule has 0 saturated carbocycles. The number of piperidine rings is 1. The van der Waals surface area contributed by atoms with Crippen LogP contribution in [-0.4, -0.2) is 30.6 Å². The van der Waals surface area contributed by atoms with Crippen molar-refractivity contribution in [2.45, 2.75) is 19.3 Å². The van der Waals surface area contributed by atoms with E-state index in [0.29, 0.717) is 12.5 Å². The molecule has 0 aliphatic carbocycles. The Morgan fingerprint density at radius 2 is 2.37 bits per heavy atom. The summed E-state index contributed by atoms with van der Waals surface area (Å²) in [6.07, 6.45) is 3.24. The fourth-order valence-electron chi connectivity index (χ4n) is 2.35. The summed E-state index contributed by atoms with van der Waals surface area (Å²) in [6.45, 7) is 2.60. The van der Waals surface area contributed by atoms with Gasteiger partial charge in [0.05, 0.1) is 5.56 Å². The van der Waals surface area contributed by atoms with Gasteiger partial charge in [-0.2, -0.15) is 0 Å². The Hall–Kier alpha value is -1.62. The molecule has 0 aromatic heterocycles. The van der Waals surface area contributed by atoms with Crippen LogP contribution in [0, 0.1) is 11.7 Å². The minimum absolute atomic E-state index is 0.0123. The van der Waals surface area contributed by atoms with Gasteiger partial charge in [-0.25, -0.2) is 4.39 Å². The Kier molecular flexibility index (Phi) is 4.74. The van der Waals surface area contributed by atoms with E-state index in [9.17, 15) is 14.3 Å². The van der Waals surface area contributed by atoms with Gasteiger partial charge in [0.25, 0.3) is 5.91 Å². The lowest BCUT2D eigenvalue weighted by molar-refractivity contribution is 0.0947. The molecular weight excluding hydrogens is 247 g/mol. The monoisotopic (exact) mass is 266 g/mol. The van der Waals surface area contributed by atoms with Crippen molar-refractivity contribution >= 4 is 5.91 Å². The van der Waals surface area contributed by atoms with Crippen molar-refractivity contribution in [2.75, 3.05) is 19.6 Å². The molecule has 0 radical (unpaired) electrons. The van der Waals surface area contributed by atoms with Crippen LogP contribution in [0.3, 0.4) is 0 Å². The first-order chi connectivity index (χ1) is 9.16. The van der Waals surface area contributed by atoms with Crippen LogP contribution in [0.5, 0.6) is 5.75 Å². The van der Waals surface area contributed by atoms with Gasteiger partial charge in [0, 0.05) is 6.54 Å². The molecule has 2 rings (SSSR count). The zero-order valence-corrected chi connectivity index (χ0v) is 10.8. The van der Waals surface area contributed by atoms with E-state index in [1.54, 1.807) is 0 Å². The number of nitrogens with one attached hydrogen (secondary N) is 2. The van der Waals surface area contributed by atoms with Crippen molar-refractivity contribution in [3.63, 3.8) is 0 Å². The molecule has 3 N–H and O–H groups in total. The fraction of sp³-hybridized carbons (Fsp3) is 0.500. The van der Waals surface area contributed by atoms with Crippen LogP contribution in [0.2, 0.25) is 0 Å². The summed E-state index contributed by atoms with van der Waals surface area (Å²) >= 11 is 0. The van der Waals surface area contributed by atoms with Crippen LogP contribution in [0.25, 0.3) is 0 Å². The number of phenols is 1. The second-order valence-corrected chi connectivity index (χ2v) is 4.92. The van der Waals surface area contributed by atoms with Gasteiger partial charge in [0.15, 0.2) is 0 Å². The van der Waals surface area contributed by atoms with Gasteiger partial charge in [-0.05, 0) is 56.5 Å². The van der Waals surface area contributed by atoms with Crippen molar-refractivity contribution in [3.8, 4) is 5.75 Å². The topological polar surface area (TPSA) is 61.4 Å². The number of amides is 1. The first-order valence-electron chi connectivity index (χ1n) is 6.64. The van der Waals surface area contributed by atoms with Gasteiger partial charge in [0.2, 0.25) is 0 Å². The van der Waals surface area contributed by atoms with Crippen molar-refractivity contribution in [1.29, 1.82) is 0 Å². The molecule has 1 saturated heterocycles. The predicted molar refractivity (Wildman–Crippen MR) is 70.6 cm³/mol. The summed E-state index contributed by atoms with van der Waals surface area (Å²) in [5.41, 5.74) is -0.0123. The smallest absolute Gasteiger partial charge is 0.255 e. The number of hydrogen-bond acceptors (Lipinski definition) is 3. The standard InChI is InChI=1S/C14H19FN2O2/c15-11-3-4-13(18)12(8-11)14(19)17-7-5-10-2-1-6-16-9-10/h3-4,8,10,16,18H,1-2,5-7,9H2,(H,17,19). The number of hydrogen-bond donors (Lipinski definition) is 3. The average molecular weight is 266 g/mol. The third-order valence-electron chi connectivity index (χ3n) is 3.44. The van der Waals surface area contributed by atoms with Crippen molar-refractivity contribution in [3.05, 3.63) is 29.6 Å². The number of carbonyl (C=O) groups is 1. The Morgan fingerprint density at radius 3 is 3.11 bits per heavy atom. The Balaban J connectivity index is 1.82. The van der Waals surface area contributed by atoms with Crippen LogP contribution in [0.15, 0.2) is 18.2 Å². The van der Waals surface area contributed by atoms with Crippen molar-refractivity contribution in [2.24, 2.45) is 5.92 Å². The molecule has 1 unspecified atom stereocenters. The molecule has 1 aliphatic heterocycles. The second-order valence-electron chi connectivity index (χ2n) is 4.92. The van der Waals surface area contributed by atoms with Crippen LogP contribution in [0.1, 0.15) is 29.6 Å². The summed E-state index contributed by atoms with van der Waals surface area (Å²) in [5, 5.41) is 15.6. The van der Waals surface area contributed by atoms with Crippen LogP contribution in [0.4, 0.5) is 4.39 Å². The SMILES string of the molecule is O=C(NCCC1CCCNC1)c1cc(F)ccc1O. The van der Waals surface area contributed by atoms with Crippen LogP contribution < -0.4 is 10.6 Å². The van der Waals surface area contributed by atoms with Crippen LogP contribution in [-0.2, 0) is 0 Å². The summed E-state index contributed by atoms with van der Waals surface area (Å²) in [6, 6.07) is 3.36. The molecule has 1 atom stereocenters. The van der Waals surface area contributed by atoms with E-state index >= 15 is 0 Å². The highest BCUT2D eigenvalue weighted by molar-refractivity contribution is 5.96. The molecule has 1 heterocycles. The fourth-order valence-corrected chi connectivity index (χ4v) is 2.35. The maximum atomic E-state index is 13.0. The summed E-state index contributed by atoms with van der Waals surface area (Å²) in [4.78, 5) is 11.8. The highest BCUT2D eigenvalue weighted by Crippen LogP contribution is 2.18. The van der Waals surface area contributed by atoms with E-state index < -0.39 is 11.7 Å². The Labute approximate surface area is 112 Å². The van der Waals surface area contributed by atoms with Gasteiger partial charge in [-0.3, -0.25) is 4.79 Å². The predicted octanol–water partition coefficient (Wildman–Crippen LogP) is 1.65. The number of benzene rings is 1. The van der Waals surface area contributed by atoms with E-state index in [0.717, 1.165) is 31.6 Å². The van der Waals surface area contributed by atoms with E-state index in [4.69, 9.17) is 0 Å². The summed E-state index contributed by atoms with van der Waals surface area (Å²) in [5.74, 6) is -0.575. The van der Waals surface area contributed by atoms with Crippen molar-refractivity contribution in [1.82, 2.24) is 10.6 Å². The number of halogens is 1. The van der Waals surface area contributed by atoms with Crippen molar-refractivity contribution < 1.29 is 14.3 Å². The summed E-state index contributed by atoms with van der Waals surface area (Å²) in [7, 11) is 0. The third-order valence-corrected chi connectivity index (χ3v) is 3.44. The molecule has 104 valence electrons. The minimum atomic E-state index is -0.528. The van der Waals surface area contributed by atoms with E-state index in [1.165, 1.54) is 18.9 Å². The first-order valence-corrected chi connectivity index (χ1v) is 6.64. The molecule has 1 aromatic rings. The van der Waals surface area contributed by atoms with Gasteiger partial charge >= 0.3 is 0 Å². The lowest BCUT2D eigenvalue weighted by Gasteiger charge is -2.22.